The minimum atomic E-state index is -0.0995. The average molecular weight is 482 g/mol. The van der Waals surface area contributed by atoms with Gasteiger partial charge in [0.2, 0.25) is 5.82 Å². The maximum Gasteiger partial charge on any atom is 0.333 e. The van der Waals surface area contributed by atoms with Gasteiger partial charge in [-0.1, -0.05) is 55.8 Å². The number of H-pyrrole nitrogens is 1. The number of tetrazole rings is 1. The summed E-state index contributed by atoms with van der Waals surface area (Å²) in [6.07, 6.45) is 5.47. The topological polar surface area (TPSA) is 104 Å². The Labute approximate surface area is 208 Å². The Kier molecular flexibility index (Phi) is 6.44. The molecule has 0 saturated heterocycles. The number of hydrogen-bond acceptors (Lipinski definition) is 6. The Balaban J connectivity index is 1.50. The number of rotatable bonds is 8. The molecule has 0 bridgehead atoms. The van der Waals surface area contributed by atoms with Gasteiger partial charge in [-0.05, 0) is 41.8 Å². The Hall–Kier alpha value is -4.53. The van der Waals surface area contributed by atoms with Crippen molar-refractivity contribution in [2.75, 3.05) is 7.11 Å². The van der Waals surface area contributed by atoms with Crippen LogP contribution in [0.4, 0.5) is 0 Å². The van der Waals surface area contributed by atoms with Gasteiger partial charge in [0.1, 0.15) is 5.75 Å². The van der Waals surface area contributed by atoms with Crippen LogP contribution < -0.4 is 10.4 Å². The number of benzene rings is 2. The van der Waals surface area contributed by atoms with Crippen molar-refractivity contribution >= 4 is 0 Å². The Morgan fingerprint density at radius 2 is 1.86 bits per heavy atom. The number of aromatic amines is 1. The van der Waals surface area contributed by atoms with Gasteiger partial charge < -0.3 is 4.74 Å². The van der Waals surface area contributed by atoms with Crippen molar-refractivity contribution in [3.63, 3.8) is 0 Å². The fraction of sp³-hybridized carbons (Fsp3) is 0.222. The smallest absolute Gasteiger partial charge is 0.333 e. The summed E-state index contributed by atoms with van der Waals surface area (Å²) < 4.78 is 9.08. The molecule has 0 aliphatic heterocycles. The molecule has 9 nitrogen and oxygen atoms in total. The molecule has 3 heterocycles. The summed E-state index contributed by atoms with van der Waals surface area (Å²) in [5.41, 5.74) is 6.10. The van der Waals surface area contributed by atoms with E-state index in [-0.39, 0.29) is 5.69 Å². The van der Waals surface area contributed by atoms with E-state index in [1.54, 1.807) is 11.7 Å². The molecule has 0 atom stereocenters. The first-order valence-corrected chi connectivity index (χ1v) is 11.8. The number of methoxy groups -OCH3 is 1. The quantitative estimate of drug-likeness (QED) is 0.356. The van der Waals surface area contributed by atoms with Crippen LogP contribution in [0, 0.1) is 6.92 Å². The van der Waals surface area contributed by atoms with Crippen LogP contribution >= 0.6 is 0 Å². The van der Waals surface area contributed by atoms with E-state index < -0.39 is 0 Å². The molecule has 0 aliphatic carbocycles. The fourth-order valence-electron chi connectivity index (χ4n) is 4.45. The minimum absolute atomic E-state index is 0.0995. The SMILES string of the molecule is CCCc1cn(-c2c(C)cccc2OC)c(=O)n1Cc1ccc(-c2ccccc2-c2nn[nH]n2)nc1. The van der Waals surface area contributed by atoms with Gasteiger partial charge in [0.15, 0.2) is 0 Å². The van der Waals surface area contributed by atoms with Crippen LogP contribution in [0.15, 0.2) is 71.8 Å². The number of para-hydroxylation sites is 1. The van der Waals surface area contributed by atoms with Gasteiger partial charge in [-0.25, -0.2) is 4.79 Å². The zero-order chi connectivity index (χ0) is 25.1. The van der Waals surface area contributed by atoms with E-state index in [0.717, 1.165) is 52.2 Å². The maximum atomic E-state index is 13.6. The molecule has 1 N–H and O–H groups in total. The summed E-state index contributed by atoms with van der Waals surface area (Å²) >= 11 is 0. The van der Waals surface area contributed by atoms with Crippen molar-refractivity contribution < 1.29 is 4.74 Å². The number of nitrogens with one attached hydrogen (secondary N) is 1. The van der Waals surface area contributed by atoms with Crippen LogP contribution in [-0.2, 0) is 13.0 Å². The van der Waals surface area contributed by atoms with Crippen LogP contribution in [0.2, 0.25) is 0 Å². The van der Waals surface area contributed by atoms with Crippen LogP contribution in [0.5, 0.6) is 5.75 Å². The third kappa shape index (κ3) is 4.31. The van der Waals surface area contributed by atoms with Crippen LogP contribution in [-0.4, -0.2) is 41.9 Å². The van der Waals surface area contributed by atoms with Crippen molar-refractivity contribution in [2.24, 2.45) is 0 Å². The van der Waals surface area contributed by atoms with E-state index in [9.17, 15) is 4.79 Å². The van der Waals surface area contributed by atoms with Gasteiger partial charge in [0.05, 0.1) is 25.0 Å². The number of pyridine rings is 1. The molecule has 0 unspecified atom stereocenters. The molecule has 0 fully saturated rings. The monoisotopic (exact) mass is 481 g/mol. The molecule has 0 amide bonds. The molecule has 0 aliphatic rings. The molecule has 3 aromatic heterocycles. The van der Waals surface area contributed by atoms with Crippen LogP contribution in [0.1, 0.15) is 30.2 Å². The summed E-state index contributed by atoms with van der Waals surface area (Å²) in [5, 5.41) is 14.4. The van der Waals surface area contributed by atoms with E-state index in [2.05, 4.69) is 27.5 Å². The number of nitrogens with zero attached hydrogens (tertiary/aromatic N) is 6. The van der Waals surface area contributed by atoms with Crippen molar-refractivity contribution in [3.05, 3.63) is 94.3 Å². The van der Waals surface area contributed by atoms with Gasteiger partial charge in [-0.2, -0.15) is 5.21 Å². The maximum absolute atomic E-state index is 13.6. The highest BCUT2D eigenvalue weighted by Crippen LogP contribution is 2.29. The van der Waals surface area contributed by atoms with E-state index >= 15 is 0 Å². The lowest BCUT2D eigenvalue weighted by Gasteiger charge is -2.11. The van der Waals surface area contributed by atoms with Crippen molar-refractivity contribution in [1.82, 2.24) is 34.7 Å². The summed E-state index contributed by atoms with van der Waals surface area (Å²) in [7, 11) is 1.62. The van der Waals surface area contributed by atoms with Crippen molar-refractivity contribution in [2.45, 2.75) is 33.2 Å². The third-order valence-corrected chi connectivity index (χ3v) is 6.18. The molecule has 0 radical (unpaired) electrons. The summed E-state index contributed by atoms with van der Waals surface area (Å²) in [6.45, 7) is 4.52. The fourth-order valence-corrected chi connectivity index (χ4v) is 4.45. The molecule has 182 valence electrons. The van der Waals surface area contributed by atoms with E-state index in [1.807, 2.05) is 78.5 Å². The Bertz CT molecular complexity index is 1530. The van der Waals surface area contributed by atoms with E-state index in [0.29, 0.717) is 18.1 Å². The zero-order valence-electron chi connectivity index (χ0n) is 20.5. The van der Waals surface area contributed by atoms with Gasteiger partial charge >= 0.3 is 5.69 Å². The molecular formula is C27H27N7O2. The Morgan fingerprint density at radius 1 is 1.03 bits per heavy atom. The van der Waals surface area contributed by atoms with E-state index in [4.69, 9.17) is 9.72 Å². The lowest BCUT2D eigenvalue weighted by Crippen LogP contribution is -2.25. The first-order valence-electron chi connectivity index (χ1n) is 11.8. The zero-order valence-corrected chi connectivity index (χ0v) is 20.5. The molecule has 0 saturated carbocycles. The molecule has 36 heavy (non-hydrogen) atoms. The van der Waals surface area contributed by atoms with Crippen molar-refractivity contribution in [1.29, 1.82) is 0 Å². The molecule has 5 aromatic rings. The van der Waals surface area contributed by atoms with Gasteiger partial charge in [-0.15, -0.1) is 10.2 Å². The summed E-state index contributed by atoms with van der Waals surface area (Å²) in [5.74, 6) is 1.18. The first-order chi connectivity index (χ1) is 17.6. The number of aryl methyl sites for hydroxylation is 2. The molecule has 0 spiro atoms. The van der Waals surface area contributed by atoms with Crippen molar-refractivity contribution in [3.8, 4) is 34.1 Å². The number of hydrogen-bond donors (Lipinski definition) is 1. The van der Waals surface area contributed by atoms with Crippen LogP contribution in [0.3, 0.4) is 0 Å². The lowest BCUT2D eigenvalue weighted by atomic mass is 10.0. The molecule has 2 aromatic carbocycles. The minimum Gasteiger partial charge on any atom is -0.495 e. The highest BCUT2D eigenvalue weighted by molar-refractivity contribution is 5.78. The molecule has 9 heteroatoms. The highest BCUT2D eigenvalue weighted by Gasteiger charge is 2.18. The molecular weight excluding hydrogens is 454 g/mol. The number of imidazole rings is 1. The third-order valence-electron chi connectivity index (χ3n) is 6.18. The number of ether oxygens (including phenoxy) is 1. The highest BCUT2D eigenvalue weighted by atomic mass is 16.5. The second-order valence-corrected chi connectivity index (χ2v) is 8.57. The predicted octanol–water partition coefficient (Wildman–Crippen LogP) is 4.20. The Morgan fingerprint density at radius 3 is 2.56 bits per heavy atom. The predicted molar refractivity (Wildman–Crippen MR) is 137 cm³/mol. The van der Waals surface area contributed by atoms with Gasteiger partial charge in [0, 0.05) is 29.2 Å². The largest absolute Gasteiger partial charge is 0.495 e. The van der Waals surface area contributed by atoms with Gasteiger partial charge in [0.25, 0.3) is 0 Å². The standard InChI is InChI=1S/C27H27N7O2/c1-4-8-20-17-34(25-18(2)9-7-12-24(25)36-3)27(35)33(20)16-19-13-14-23(28-15-19)21-10-5-6-11-22(21)26-29-31-32-30-26/h5-7,9-15,17H,4,8,16H2,1-3H3,(H,29,30,31,32). The lowest BCUT2D eigenvalue weighted by molar-refractivity contribution is 0.412. The number of aromatic nitrogens is 7. The second-order valence-electron chi connectivity index (χ2n) is 8.57. The summed E-state index contributed by atoms with van der Waals surface area (Å²) in [4.78, 5) is 18.3. The first kappa shape index (κ1) is 23.2. The second kappa shape index (κ2) is 9.99. The molecule has 5 rings (SSSR count). The summed E-state index contributed by atoms with van der Waals surface area (Å²) in [6, 6.07) is 17.5. The van der Waals surface area contributed by atoms with E-state index in [1.165, 1.54) is 0 Å². The average Bonchev–Trinajstić information content (AvgIpc) is 3.54. The normalized spacial score (nSPS) is 11.1. The van der Waals surface area contributed by atoms with Crippen LogP contribution in [0.25, 0.3) is 28.3 Å². The van der Waals surface area contributed by atoms with Gasteiger partial charge in [-0.3, -0.25) is 14.1 Å².